The third-order valence-corrected chi connectivity index (χ3v) is 5.36. The molecule has 0 saturated carbocycles. The number of hydrogen-bond acceptors (Lipinski definition) is 6. The van der Waals surface area contributed by atoms with Crippen LogP contribution >= 0.6 is 11.8 Å². The highest BCUT2D eigenvalue weighted by Gasteiger charge is 2.12. The van der Waals surface area contributed by atoms with Crippen molar-refractivity contribution < 1.29 is 14.3 Å². The van der Waals surface area contributed by atoms with Gasteiger partial charge in [0.25, 0.3) is 5.91 Å². The Morgan fingerprint density at radius 3 is 2.48 bits per heavy atom. The lowest BCUT2D eigenvalue weighted by atomic mass is 10.2. The number of rotatable bonds is 8. The van der Waals surface area contributed by atoms with E-state index >= 15 is 0 Å². The average Bonchev–Trinajstić information content (AvgIpc) is 2.73. The molecule has 0 aliphatic rings. The average molecular weight is 410 g/mol. The van der Waals surface area contributed by atoms with Gasteiger partial charge in [-0.2, -0.15) is 11.8 Å². The molecule has 0 saturated heterocycles. The molecule has 6 nitrogen and oxygen atoms in total. The molecule has 0 aliphatic carbocycles. The number of nitrogens with one attached hydrogen (secondary N) is 1. The van der Waals surface area contributed by atoms with Gasteiger partial charge in [-0.05, 0) is 37.6 Å². The minimum absolute atomic E-state index is 0.307. The Kier molecular flexibility index (Phi) is 7.19. The molecule has 0 aliphatic heterocycles. The smallest absolute Gasteiger partial charge is 0.338 e. The molecular weight excluding hydrogens is 386 g/mol. The molecule has 2 aromatic carbocycles. The zero-order valence-electron chi connectivity index (χ0n) is 16.5. The van der Waals surface area contributed by atoms with Crippen LogP contribution in [0.25, 0.3) is 11.0 Å². The Morgan fingerprint density at radius 1 is 1.00 bits per heavy atom. The van der Waals surface area contributed by atoms with E-state index in [1.165, 1.54) is 5.56 Å². The summed E-state index contributed by atoms with van der Waals surface area (Å²) < 4.78 is 5.11. The van der Waals surface area contributed by atoms with Crippen LogP contribution in [0.3, 0.4) is 0 Å². The first-order valence-electron chi connectivity index (χ1n) is 9.33. The second-order valence-corrected chi connectivity index (χ2v) is 7.67. The number of hydrogen-bond donors (Lipinski definition) is 1. The summed E-state index contributed by atoms with van der Waals surface area (Å²) in [5.41, 5.74) is 4.61. The molecule has 1 N–H and O–H groups in total. The van der Waals surface area contributed by atoms with Gasteiger partial charge < -0.3 is 10.1 Å². The summed E-state index contributed by atoms with van der Waals surface area (Å²) in [6.45, 7) is 3.98. The van der Waals surface area contributed by atoms with E-state index in [1.54, 1.807) is 30.0 Å². The first-order chi connectivity index (χ1) is 14.0. The number of fused-ring (bicyclic) bond motifs is 1. The number of amides is 1. The zero-order chi connectivity index (χ0) is 20.6. The van der Waals surface area contributed by atoms with Crippen molar-refractivity contribution in [1.82, 2.24) is 15.3 Å². The van der Waals surface area contributed by atoms with Crippen molar-refractivity contribution in [2.75, 3.05) is 18.9 Å². The number of carbonyl (C=O) groups excluding carboxylic acids is 2. The summed E-state index contributed by atoms with van der Waals surface area (Å²) >= 11 is 1.74. The Bertz CT molecular complexity index is 1010. The van der Waals surface area contributed by atoms with Gasteiger partial charge in [-0.15, -0.1) is 0 Å². The number of aryl methyl sites for hydroxylation is 2. The SMILES string of the molecule is Cc1nc2ccc(C(=O)OCC(=O)NCCSCc3ccccc3)cc2nc1C. The standard InChI is InChI=1S/C22H23N3O3S/c1-15-16(2)25-20-12-18(8-9-19(20)24-15)22(27)28-13-21(26)23-10-11-29-14-17-6-4-3-5-7-17/h3-9,12H,10-11,13-14H2,1-2H3,(H,23,26). The van der Waals surface area contributed by atoms with E-state index in [9.17, 15) is 9.59 Å². The van der Waals surface area contributed by atoms with E-state index in [2.05, 4.69) is 27.4 Å². The molecule has 0 fully saturated rings. The molecule has 0 radical (unpaired) electrons. The topological polar surface area (TPSA) is 81.2 Å². The summed E-state index contributed by atoms with van der Waals surface area (Å²) in [7, 11) is 0. The van der Waals surface area contributed by atoms with Gasteiger partial charge in [-0.3, -0.25) is 4.79 Å². The van der Waals surface area contributed by atoms with E-state index < -0.39 is 5.97 Å². The van der Waals surface area contributed by atoms with E-state index in [0.717, 1.165) is 28.4 Å². The zero-order valence-corrected chi connectivity index (χ0v) is 17.3. The summed E-state index contributed by atoms with van der Waals surface area (Å²) in [5.74, 6) is 0.818. The molecule has 1 aromatic heterocycles. The van der Waals surface area contributed by atoms with Crippen LogP contribution in [0.4, 0.5) is 0 Å². The lowest BCUT2D eigenvalue weighted by Crippen LogP contribution is -2.30. The Hall–Kier alpha value is -2.93. The molecular formula is C22H23N3O3S. The number of benzene rings is 2. The van der Waals surface area contributed by atoms with Crippen molar-refractivity contribution in [3.05, 3.63) is 71.0 Å². The molecule has 29 heavy (non-hydrogen) atoms. The molecule has 1 heterocycles. The van der Waals surface area contributed by atoms with Crippen molar-refractivity contribution in [3.8, 4) is 0 Å². The van der Waals surface area contributed by atoms with E-state index in [0.29, 0.717) is 17.6 Å². The van der Waals surface area contributed by atoms with Crippen LogP contribution in [0.5, 0.6) is 0 Å². The van der Waals surface area contributed by atoms with Gasteiger partial charge in [0.1, 0.15) is 0 Å². The van der Waals surface area contributed by atoms with Crippen LogP contribution < -0.4 is 5.32 Å². The van der Waals surface area contributed by atoms with E-state index in [-0.39, 0.29) is 12.5 Å². The van der Waals surface area contributed by atoms with Crippen molar-refractivity contribution in [3.63, 3.8) is 0 Å². The third-order valence-electron chi connectivity index (χ3n) is 4.33. The van der Waals surface area contributed by atoms with Gasteiger partial charge in [0.05, 0.1) is 28.0 Å². The first kappa shape index (κ1) is 20.8. The summed E-state index contributed by atoms with van der Waals surface area (Å²) in [5, 5.41) is 2.76. The van der Waals surface area contributed by atoms with E-state index in [1.807, 2.05) is 32.0 Å². The molecule has 0 atom stereocenters. The minimum Gasteiger partial charge on any atom is -0.452 e. The summed E-state index contributed by atoms with van der Waals surface area (Å²) in [6, 6.07) is 15.2. The Labute approximate surface area is 174 Å². The number of ether oxygens (including phenoxy) is 1. The molecule has 3 aromatic rings. The molecule has 3 rings (SSSR count). The third kappa shape index (κ3) is 6.02. The second-order valence-electron chi connectivity index (χ2n) is 6.56. The minimum atomic E-state index is -0.555. The monoisotopic (exact) mass is 409 g/mol. The maximum absolute atomic E-state index is 12.2. The predicted molar refractivity (Wildman–Crippen MR) is 115 cm³/mol. The lowest BCUT2D eigenvalue weighted by molar-refractivity contribution is -0.124. The van der Waals surface area contributed by atoms with Crippen LogP contribution in [0, 0.1) is 13.8 Å². The number of esters is 1. The maximum atomic E-state index is 12.2. The van der Waals surface area contributed by atoms with Crippen molar-refractivity contribution in [2.45, 2.75) is 19.6 Å². The highest BCUT2D eigenvalue weighted by Crippen LogP contribution is 2.15. The maximum Gasteiger partial charge on any atom is 0.338 e. The molecule has 0 unspecified atom stereocenters. The Morgan fingerprint density at radius 2 is 1.72 bits per heavy atom. The quantitative estimate of drug-likeness (QED) is 0.453. The number of carbonyl (C=O) groups is 2. The number of thioether (sulfide) groups is 1. The number of aromatic nitrogens is 2. The van der Waals surface area contributed by atoms with Crippen LogP contribution in [-0.4, -0.2) is 40.7 Å². The molecule has 150 valence electrons. The van der Waals surface area contributed by atoms with Crippen molar-refractivity contribution >= 4 is 34.7 Å². The highest BCUT2D eigenvalue weighted by molar-refractivity contribution is 7.98. The molecule has 0 spiro atoms. The van der Waals surface area contributed by atoms with Crippen LogP contribution in [-0.2, 0) is 15.3 Å². The van der Waals surface area contributed by atoms with Crippen LogP contribution in [0.15, 0.2) is 48.5 Å². The fourth-order valence-electron chi connectivity index (χ4n) is 2.65. The lowest BCUT2D eigenvalue weighted by Gasteiger charge is -2.08. The predicted octanol–water partition coefficient (Wildman–Crippen LogP) is 3.45. The van der Waals surface area contributed by atoms with E-state index in [4.69, 9.17) is 4.74 Å². The van der Waals surface area contributed by atoms with Gasteiger partial charge in [-0.1, -0.05) is 30.3 Å². The first-order valence-corrected chi connectivity index (χ1v) is 10.5. The number of nitrogens with zero attached hydrogens (tertiary/aromatic N) is 2. The van der Waals surface area contributed by atoms with Gasteiger partial charge in [0.2, 0.25) is 0 Å². The summed E-state index contributed by atoms with van der Waals surface area (Å²) in [4.78, 5) is 33.0. The largest absolute Gasteiger partial charge is 0.452 e. The van der Waals surface area contributed by atoms with Gasteiger partial charge in [0.15, 0.2) is 6.61 Å². The fourth-order valence-corrected chi connectivity index (χ4v) is 3.47. The highest BCUT2D eigenvalue weighted by atomic mass is 32.2. The normalized spacial score (nSPS) is 10.7. The summed E-state index contributed by atoms with van der Waals surface area (Å²) in [6.07, 6.45) is 0. The fraction of sp³-hybridized carbons (Fsp3) is 0.273. The van der Waals surface area contributed by atoms with Gasteiger partial charge in [-0.25, -0.2) is 14.8 Å². The molecule has 7 heteroatoms. The molecule has 0 bridgehead atoms. The van der Waals surface area contributed by atoms with Crippen LogP contribution in [0.1, 0.15) is 27.3 Å². The van der Waals surface area contributed by atoms with Crippen molar-refractivity contribution in [2.24, 2.45) is 0 Å². The molecule has 1 amide bonds. The van der Waals surface area contributed by atoms with Gasteiger partial charge >= 0.3 is 5.97 Å². The van der Waals surface area contributed by atoms with Gasteiger partial charge in [0, 0.05) is 18.1 Å². The Balaban J connectivity index is 1.41. The van der Waals surface area contributed by atoms with Crippen molar-refractivity contribution in [1.29, 1.82) is 0 Å². The van der Waals surface area contributed by atoms with Crippen LogP contribution in [0.2, 0.25) is 0 Å². The second kappa shape index (κ2) is 10.0.